The Hall–Kier alpha value is -1.93. The Bertz CT molecular complexity index is 786. The molecule has 1 aliphatic rings. The molecular weight excluding hydrogens is 365 g/mol. The molecule has 1 saturated heterocycles. The molecule has 2 heterocycles. The van der Waals surface area contributed by atoms with E-state index >= 15 is 0 Å². The topological polar surface area (TPSA) is 55.5 Å². The number of carbonyl (C=O) groups excluding carboxylic acids is 1. The van der Waals surface area contributed by atoms with Crippen molar-refractivity contribution in [2.24, 2.45) is 0 Å². The van der Waals surface area contributed by atoms with Crippen LogP contribution in [0.3, 0.4) is 0 Å². The summed E-state index contributed by atoms with van der Waals surface area (Å²) >= 11 is 1.41. The maximum atomic E-state index is 13.4. The number of rotatable bonds is 6. The van der Waals surface area contributed by atoms with Crippen LogP contribution in [-0.4, -0.2) is 58.0 Å². The number of amides is 1. The second kappa shape index (κ2) is 8.39. The number of nitrogens with one attached hydrogen (secondary N) is 1. The minimum atomic E-state index is -0.286. The summed E-state index contributed by atoms with van der Waals surface area (Å²) in [6, 6.07) is 6.40. The predicted octanol–water partition coefficient (Wildman–Crippen LogP) is 1.71. The lowest BCUT2D eigenvalue weighted by atomic mass is 10.2. The Morgan fingerprint density at radius 1 is 1.15 bits per heavy atom. The van der Waals surface area contributed by atoms with Crippen molar-refractivity contribution in [3.8, 4) is 5.69 Å². The molecule has 1 fully saturated rings. The first kappa shape index (κ1) is 19.8. The zero-order chi connectivity index (χ0) is 19.6. The molecule has 1 aliphatic heterocycles. The van der Waals surface area contributed by atoms with E-state index in [2.05, 4.69) is 31.2 Å². The largest absolute Gasteiger partial charge is 0.342 e. The van der Waals surface area contributed by atoms with Gasteiger partial charge in [0.25, 0.3) is 0 Å². The molecule has 0 spiro atoms. The third-order valence-electron chi connectivity index (χ3n) is 5.04. The van der Waals surface area contributed by atoms with Crippen molar-refractivity contribution in [2.75, 3.05) is 27.2 Å². The van der Waals surface area contributed by atoms with Gasteiger partial charge in [-0.1, -0.05) is 11.8 Å². The molecule has 3 rings (SSSR count). The van der Waals surface area contributed by atoms with E-state index in [9.17, 15) is 9.18 Å². The lowest BCUT2D eigenvalue weighted by molar-refractivity contribution is -0.890. The van der Waals surface area contributed by atoms with Crippen molar-refractivity contribution in [3.05, 3.63) is 35.9 Å². The van der Waals surface area contributed by atoms with Crippen molar-refractivity contribution in [2.45, 2.75) is 43.1 Å². The lowest BCUT2D eigenvalue weighted by Gasteiger charge is -2.21. The summed E-state index contributed by atoms with van der Waals surface area (Å²) in [5.74, 6) is 0.648. The van der Waals surface area contributed by atoms with Crippen LogP contribution in [0.5, 0.6) is 0 Å². The van der Waals surface area contributed by atoms with Gasteiger partial charge in [0.05, 0.1) is 19.3 Å². The molecule has 146 valence electrons. The molecule has 0 radical (unpaired) electrons. The summed E-state index contributed by atoms with van der Waals surface area (Å²) in [6.07, 6.45) is 2.14. The maximum Gasteiger partial charge on any atom is 0.235 e. The first-order valence-electron chi connectivity index (χ1n) is 9.35. The second-order valence-corrected chi connectivity index (χ2v) is 8.55. The molecule has 0 saturated carbocycles. The van der Waals surface area contributed by atoms with Gasteiger partial charge in [0, 0.05) is 18.8 Å². The number of likely N-dealkylation sites (tertiary alicyclic amines) is 1. The van der Waals surface area contributed by atoms with Crippen molar-refractivity contribution in [1.82, 2.24) is 19.7 Å². The third kappa shape index (κ3) is 4.32. The van der Waals surface area contributed by atoms with Crippen LogP contribution in [-0.2, 0) is 4.79 Å². The van der Waals surface area contributed by atoms with Gasteiger partial charge in [0.2, 0.25) is 5.91 Å². The fraction of sp³-hybridized carbons (Fsp3) is 0.526. The zero-order valence-corrected chi connectivity index (χ0v) is 17.1. The fourth-order valence-electron chi connectivity index (χ4n) is 3.13. The number of halogens is 1. The molecular formula is C19H27FN5OS+. The van der Waals surface area contributed by atoms with Crippen LogP contribution in [0.1, 0.15) is 38.6 Å². The van der Waals surface area contributed by atoms with Crippen molar-refractivity contribution in [3.63, 3.8) is 0 Å². The quantitative estimate of drug-likeness (QED) is 0.761. The Morgan fingerprint density at radius 2 is 1.78 bits per heavy atom. The van der Waals surface area contributed by atoms with Gasteiger partial charge in [-0.25, -0.2) is 4.39 Å². The molecule has 0 aliphatic carbocycles. The molecule has 1 N–H and O–H groups in total. The Kier molecular flexibility index (Phi) is 6.16. The van der Waals surface area contributed by atoms with Crippen LogP contribution in [0, 0.1) is 5.82 Å². The van der Waals surface area contributed by atoms with Gasteiger partial charge >= 0.3 is 0 Å². The van der Waals surface area contributed by atoms with E-state index in [0.717, 1.165) is 37.4 Å². The van der Waals surface area contributed by atoms with E-state index in [4.69, 9.17) is 0 Å². The Morgan fingerprint density at radius 3 is 2.37 bits per heavy atom. The van der Waals surface area contributed by atoms with Crippen LogP contribution < -0.4 is 4.90 Å². The number of hydrogen-bond acceptors (Lipinski definition) is 4. The molecule has 8 heteroatoms. The number of aromatic nitrogens is 3. The molecule has 0 bridgehead atoms. The van der Waals surface area contributed by atoms with Crippen molar-refractivity contribution in [1.29, 1.82) is 0 Å². The Balaban J connectivity index is 1.92. The van der Waals surface area contributed by atoms with Gasteiger partial charge in [-0.3, -0.25) is 9.36 Å². The summed E-state index contributed by atoms with van der Waals surface area (Å²) in [6.45, 7) is 5.66. The third-order valence-corrected chi connectivity index (χ3v) is 6.07. The summed E-state index contributed by atoms with van der Waals surface area (Å²) < 4.78 is 15.3. The number of benzene rings is 1. The second-order valence-electron chi connectivity index (χ2n) is 7.24. The highest BCUT2D eigenvalue weighted by Gasteiger charge is 2.28. The van der Waals surface area contributed by atoms with E-state index in [1.54, 1.807) is 12.1 Å². The van der Waals surface area contributed by atoms with Crippen LogP contribution in [0.4, 0.5) is 4.39 Å². The predicted molar refractivity (Wildman–Crippen MR) is 104 cm³/mol. The zero-order valence-electron chi connectivity index (χ0n) is 16.3. The van der Waals surface area contributed by atoms with E-state index in [1.807, 2.05) is 16.4 Å². The van der Waals surface area contributed by atoms with Crippen LogP contribution >= 0.6 is 11.8 Å². The van der Waals surface area contributed by atoms with Gasteiger partial charge in [-0.05, 0) is 51.0 Å². The molecule has 1 aromatic heterocycles. The molecule has 6 nitrogen and oxygen atoms in total. The Labute approximate surface area is 163 Å². The van der Waals surface area contributed by atoms with Crippen molar-refractivity contribution >= 4 is 17.7 Å². The van der Waals surface area contributed by atoms with Crippen LogP contribution in [0.15, 0.2) is 29.4 Å². The highest BCUT2D eigenvalue weighted by Crippen LogP contribution is 2.29. The SMILES string of the molecule is C[C@H](Sc1nnc([C@H](C)[NH+](C)C)n1-c1ccc(F)cc1)C(=O)N1CCCC1. The molecule has 1 amide bonds. The number of quaternary nitrogens is 1. The minimum Gasteiger partial charge on any atom is -0.342 e. The van der Waals surface area contributed by atoms with Gasteiger partial charge in [0.15, 0.2) is 11.0 Å². The number of thioether (sulfide) groups is 1. The summed E-state index contributed by atoms with van der Waals surface area (Å²) in [7, 11) is 4.11. The number of hydrogen-bond donors (Lipinski definition) is 1. The average Bonchev–Trinajstić information content (AvgIpc) is 3.31. The van der Waals surface area contributed by atoms with E-state index in [0.29, 0.717) is 5.16 Å². The molecule has 2 aromatic rings. The van der Waals surface area contributed by atoms with E-state index in [-0.39, 0.29) is 23.0 Å². The van der Waals surface area contributed by atoms with E-state index < -0.39 is 0 Å². The van der Waals surface area contributed by atoms with E-state index in [1.165, 1.54) is 28.8 Å². The molecule has 1 aromatic carbocycles. The summed E-state index contributed by atoms with van der Waals surface area (Å²) in [5.41, 5.74) is 0.799. The first-order valence-corrected chi connectivity index (χ1v) is 10.2. The van der Waals surface area contributed by atoms with Crippen molar-refractivity contribution < 1.29 is 14.1 Å². The maximum absolute atomic E-state index is 13.4. The van der Waals surface area contributed by atoms with Gasteiger partial charge in [0.1, 0.15) is 11.9 Å². The minimum absolute atomic E-state index is 0.0986. The fourth-order valence-corrected chi connectivity index (χ4v) is 4.09. The monoisotopic (exact) mass is 392 g/mol. The van der Waals surface area contributed by atoms with Crippen LogP contribution in [0.25, 0.3) is 5.69 Å². The van der Waals surface area contributed by atoms with Gasteiger partial charge < -0.3 is 9.80 Å². The first-order chi connectivity index (χ1) is 12.9. The normalized spacial score (nSPS) is 16.7. The average molecular weight is 393 g/mol. The number of carbonyl (C=O) groups is 1. The van der Waals surface area contributed by atoms with Gasteiger partial charge in [-0.15, -0.1) is 10.2 Å². The highest BCUT2D eigenvalue weighted by molar-refractivity contribution is 8.00. The smallest absolute Gasteiger partial charge is 0.235 e. The van der Waals surface area contributed by atoms with Crippen LogP contribution in [0.2, 0.25) is 0 Å². The molecule has 27 heavy (non-hydrogen) atoms. The summed E-state index contributed by atoms with van der Waals surface area (Å²) in [4.78, 5) is 15.8. The number of nitrogens with zero attached hydrogens (tertiary/aromatic N) is 4. The molecule has 0 unspecified atom stereocenters. The standard InChI is InChI=1S/C19H26FN5OS/c1-13(23(3)4)17-21-22-19(25(17)16-9-7-15(20)8-10-16)27-14(2)18(26)24-11-5-6-12-24/h7-10,13-14H,5-6,11-12H2,1-4H3/p+1/t13-,14-/m0/s1. The van der Waals surface area contributed by atoms with Gasteiger partial charge in [-0.2, -0.15) is 0 Å². The lowest BCUT2D eigenvalue weighted by Crippen LogP contribution is -3.05. The molecule has 2 atom stereocenters. The highest BCUT2D eigenvalue weighted by atomic mass is 32.2. The summed E-state index contributed by atoms with van der Waals surface area (Å²) in [5, 5.41) is 9.17.